The van der Waals surface area contributed by atoms with Gasteiger partial charge in [-0.1, -0.05) is 18.3 Å². The van der Waals surface area contributed by atoms with Crippen molar-refractivity contribution in [3.8, 4) is 11.8 Å². The first-order valence-corrected chi connectivity index (χ1v) is 12.5. The predicted molar refractivity (Wildman–Crippen MR) is 136 cm³/mol. The molecule has 0 bridgehead atoms. The van der Waals surface area contributed by atoms with Crippen LogP contribution >= 0.6 is 0 Å². The fourth-order valence-corrected chi connectivity index (χ4v) is 4.75. The Morgan fingerprint density at radius 3 is 2.54 bits per heavy atom. The van der Waals surface area contributed by atoms with Crippen molar-refractivity contribution in [1.29, 1.82) is 0 Å². The first kappa shape index (κ1) is 24.7. The number of quaternary nitrogens is 1. The second-order valence-corrected chi connectivity index (χ2v) is 9.40. The van der Waals surface area contributed by atoms with Gasteiger partial charge in [-0.15, -0.1) is 0 Å². The maximum Gasteiger partial charge on any atom is 0.270 e. The Bertz CT molecular complexity index is 1100. The van der Waals surface area contributed by atoms with Crippen LogP contribution in [0.2, 0.25) is 0 Å². The summed E-state index contributed by atoms with van der Waals surface area (Å²) in [5.41, 5.74) is 7.10. The Morgan fingerprint density at radius 1 is 1.06 bits per heavy atom. The maximum atomic E-state index is 12.5. The minimum Gasteiger partial charge on any atom is -0.365 e. The number of nitrogens with one attached hydrogen (secondary N) is 1. The molecule has 2 aromatic rings. The SMILES string of the molecule is [NH3+]C1CCCN(c2ccc([N+](=O)[O-])cc2C#Cc2ccc(C(=O)NCCN3CCCCC3)cc2)C1. The molecular formula is C27H34N5O3+. The lowest BCUT2D eigenvalue weighted by Gasteiger charge is -2.31. The van der Waals surface area contributed by atoms with Crippen LogP contribution in [0.5, 0.6) is 0 Å². The van der Waals surface area contributed by atoms with Gasteiger partial charge in [-0.3, -0.25) is 14.9 Å². The van der Waals surface area contributed by atoms with Crippen LogP contribution in [0.4, 0.5) is 11.4 Å². The van der Waals surface area contributed by atoms with Gasteiger partial charge < -0.3 is 20.9 Å². The smallest absolute Gasteiger partial charge is 0.270 e. The number of anilines is 1. The van der Waals surface area contributed by atoms with E-state index < -0.39 is 4.92 Å². The van der Waals surface area contributed by atoms with Crippen molar-refractivity contribution in [1.82, 2.24) is 10.2 Å². The molecule has 2 saturated heterocycles. The Balaban J connectivity index is 1.43. The second-order valence-electron chi connectivity index (χ2n) is 9.40. The molecule has 35 heavy (non-hydrogen) atoms. The molecule has 0 radical (unpaired) electrons. The Hall–Kier alpha value is -3.41. The molecule has 4 rings (SSSR count). The van der Waals surface area contributed by atoms with Crippen LogP contribution in [0.3, 0.4) is 0 Å². The molecule has 8 heteroatoms. The molecule has 1 atom stereocenters. The largest absolute Gasteiger partial charge is 0.365 e. The number of benzene rings is 2. The number of hydrogen-bond donors (Lipinski definition) is 2. The van der Waals surface area contributed by atoms with Crippen LogP contribution in [-0.4, -0.2) is 61.0 Å². The molecule has 4 N–H and O–H groups in total. The molecular weight excluding hydrogens is 442 g/mol. The number of carbonyl (C=O) groups excluding carboxylic acids is 1. The zero-order valence-corrected chi connectivity index (χ0v) is 20.2. The van der Waals surface area contributed by atoms with E-state index in [2.05, 4.69) is 32.7 Å². The first-order valence-electron chi connectivity index (χ1n) is 12.5. The lowest BCUT2D eigenvalue weighted by molar-refractivity contribution is -0.419. The van der Waals surface area contributed by atoms with Crippen molar-refractivity contribution in [2.45, 2.75) is 38.1 Å². The number of amides is 1. The molecule has 0 aromatic heterocycles. The van der Waals surface area contributed by atoms with E-state index in [-0.39, 0.29) is 11.6 Å². The van der Waals surface area contributed by atoms with Crippen LogP contribution in [-0.2, 0) is 0 Å². The third-order valence-corrected chi connectivity index (χ3v) is 6.70. The summed E-state index contributed by atoms with van der Waals surface area (Å²) in [5.74, 6) is 6.16. The average molecular weight is 477 g/mol. The van der Waals surface area contributed by atoms with Crippen molar-refractivity contribution in [2.75, 3.05) is 44.2 Å². The van der Waals surface area contributed by atoms with Crippen molar-refractivity contribution < 1.29 is 15.5 Å². The van der Waals surface area contributed by atoms with E-state index in [0.29, 0.717) is 23.7 Å². The second kappa shape index (κ2) is 11.8. The van der Waals surface area contributed by atoms with Gasteiger partial charge in [0.25, 0.3) is 11.6 Å². The van der Waals surface area contributed by atoms with Gasteiger partial charge in [0, 0.05) is 49.3 Å². The highest BCUT2D eigenvalue weighted by atomic mass is 16.6. The minimum absolute atomic E-state index is 0.0257. The van der Waals surface area contributed by atoms with Gasteiger partial charge in [-0.25, -0.2) is 0 Å². The van der Waals surface area contributed by atoms with Gasteiger partial charge in [0.2, 0.25) is 0 Å². The topological polar surface area (TPSA) is 106 Å². The highest BCUT2D eigenvalue weighted by molar-refractivity contribution is 5.94. The van der Waals surface area contributed by atoms with E-state index >= 15 is 0 Å². The molecule has 2 aliphatic heterocycles. The van der Waals surface area contributed by atoms with Crippen LogP contribution in [0, 0.1) is 22.0 Å². The third-order valence-electron chi connectivity index (χ3n) is 6.70. The molecule has 8 nitrogen and oxygen atoms in total. The zero-order valence-electron chi connectivity index (χ0n) is 20.2. The van der Waals surface area contributed by atoms with Crippen molar-refractivity contribution in [3.63, 3.8) is 0 Å². The lowest BCUT2D eigenvalue weighted by atomic mass is 10.0. The summed E-state index contributed by atoms with van der Waals surface area (Å²) in [6.45, 7) is 5.45. The number of carbonyl (C=O) groups is 1. The summed E-state index contributed by atoms with van der Waals surface area (Å²) in [6, 6.07) is 12.4. The number of likely N-dealkylation sites (tertiary alicyclic amines) is 1. The van der Waals surface area contributed by atoms with Crippen LogP contribution in [0.25, 0.3) is 0 Å². The monoisotopic (exact) mass is 476 g/mol. The number of hydrogen-bond acceptors (Lipinski definition) is 5. The zero-order chi connectivity index (χ0) is 24.6. The molecule has 0 spiro atoms. The summed E-state index contributed by atoms with van der Waals surface area (Å²) >= 11 is 0. The molecule has 2 aromatic carbocycles. The van der Waals surface area contributed by atoms with E-state index in [1.165, 1.54) is 25.3 Å². The van der Waals surface area contributed by atoms with Gasteiger partial charge in [0.1, 0.15) is 6.04 Å². The van der Waals surface area contributed by atoms with E-state index in [1.807, 2.05) is 12.1 Å². The summed E-state index contributed by atoms with van der Waals surface area (Å²) < 4.78 is 0. The van der Waals surface area contributed by atoms with E-state index in [1.54, 1.807) is 24.3 Å². The Labute approximate surface area is 206 Å². The van der Waals surface area contributed by atoms with E-state index in [4.69, 9.17) is 0 Å². The summed E-state index contributed by atoms with van der Waals surface area (Å²) in [7, 11) is 0. The van der Waals surface area contributed by atoms with Gasteiger partial charge in [0.05, 0.1) is 22.7 Å². The third kappa shape index (κ3) is 6.81. The van der Waals surface area contributed by atoms with E-state index in [9.17, 15) is 14.9 Å². The summed E-state index contributed by atoms with van der Waals surface area (Å²) in [5, 5.41) is 14.3. The number of nitrogens with zero attached hydrogens (tertiary/aromatic N) is 3. The predicted octanol–water partition coefficient (Wildman–Crippen LogP) is 2.42. The first-order chi connectivity index (χ1) is 17.0. The standard InChI is InChI=1S/C27H33N5O3/c28-24-5-4-17-31(20-24)26-13-12-25(32(34)35)19-23(26)11-8-21-6-9-22(10-7-21)27(33)29-14-18-30-15-2-1-3-16-30/h6-7,9-10,12-13,19,24H,1-5,14-18,20,28H2,(H,29,33)/p+1. The number of nitro benzene ring substituents is 1. The molecule has 2 fully saturated rings. The Morgan fingerprint density at radius 2 is 1.83 bits per heavy atom. The van der Waals surface area contributed by atoms with Crippen molar-refractivity contribution >= 4 is 17.3 Å². The maximum absolute atomic E-state index is 12.5. The molecule has 0 aliphatic carbocycles. The van der Waals surface area contributed by atoms with Gasteiger partial charge in [-0.05, 0) is 62.7 Å². The summed E-state index contributed by atoms with van der Waals surface area (Å²) in [6.07, 6.45) is 5.91. The highest BCUT2D eigenvalue weighted by Crippen LogP contribution is 2.27. The fourth-order valence-electron chi connectivity index (χ4n) is 4.75. The van der Waals surface area contributed by atoms with Gasteiger partial charge in [0.15, 0.2) is 0 Å². The van der Waals surface area contributed by atoms with Crippen molar-refractivity contribution in [2.24, 2.45) is 0 Å². The fraction of sp³-hybridized carbons (Fsp3) is 0.444. The van der Waals surface area contributed by atoms with Crippen LogP contribution < -0.4 is 16.0 Å². The molecule has 1 unspecified atom stereocenters. The summed E-state index contributed by atoms with van der Waals surface area (Å²) in [4.78, 5) is 28.0. The average Bonchev–Trinajstić information content (AvgIpc) is 2.88. The van der Waals surface area contributed by atoms with Gasteiger partial charge in [-0.2, -0.15) is 0 Å². The molecule has 2 aliphatic rings. The minimum atomic E-state index is -0.395. The molecule has 0 saturated carbocycles. The number of non-ortho nitro benzene ring substituents is 1. The Kier molecular flexibility index (Phi) is 8.35. The number of piperidine rings is 2. The molecule has 2 heterocycles. The number of nitro groups is 1. The molecule has 184 valence electrons. The van der Waals surface area contributed by atoms with Crippen LogP contribution in [0.15, 0.2) is 42.5 Å². The van der Waals surface area contributed by atoms with Crippen molar-refractivity contribution in [3.05, 3.63) is 69.3 Å². The lowest BCUT2D eigenvalue weighted by Crippen LogP contribution is -2.67. The highest BCUT2D eigenvalue weighted by Gasteiger charge is 2.22. The quantitative estimate of drug-likeness (QED) is 0.378. The molecule has 1 amide bonds. The van der Waals surface area contributed by atoms with Crippen LogP contribution in [0.1, 0.15) is 53.6 Å². The number of rotatable bonds is 6. The normalized spacial score (nSPS) is 18.4. The van der Waals surface area contributed by atoms with Gasteiger partial charge >= 0.3 is 0 Å². The van der Waals surface area contributed by atoms with E-state index in [0.717, 1.165) is 56.8 Å².